The SMILES string of the molecule is CN1B(c2ccccc2)Nc2c(C3=C(O)C(=c4ccc5cccc6c5c4=NB(c4ccccc4)N6C)C3=O)ccc3cccc1c23. The van der Waals surface area contributed by atoms with Crippen LogP contribution in [0.4, 0.5) is 17.1 Å². The van der Waals surface area contributed by atoms with Gasteiger partial charge in [0.2, 0.25) is 5.78 Å². The molecular weight excluding hydrogens is 566 g/mol. The number of hydrogen-bond acceptors (Lipinski definition) is 6. The van der Waals surface area contributed by atoms with E-state index in [2.05, 4.69) is 89.6 Å². The summed E-state index contributed by atoms with van der Waals surface area (Å²) in [5.41, 5.74) is 6.48. The number of aliphatic hydroxyl groups excluding tert-OH is 1. The molecule has 0 spiro atoms. The second kappa shape index (κ2) is 9.88. The number of aliphatic hydroxyl groups is 1. The van der Waals surface area contributed by atoms with E-state index in [1.165, 1.54) is 0 Å². The summed E-state index contributed by atoms with van der Waals surface area (Å²) in [6, 6.07) is 40.8. The van der Waals surface area contributed by atoms with Crippen molar-refractivity contribution in [3.63, 3.8) is 0 Å². The first-order valence-corrected chi connectivity index (χ1v) is 15.5. The van der Waals surface area contributed by atoms with E-state index in [-0.39, 0.29) is 25.5 Å². The van der Waals surface area contributed by atoms with E-state index in [1.807, 2.05) is 60.7 Å². The van der Waals surface area contributed by atoms with E-state index < -0.39 is 0 Å². The van der Waals surface area contributed by atoms with Crippen molar-refractivity contribution in [1.82, 2.24) is 0 Å². The van der Waals surface area contributed by atoms with Crippen LogP contribution in [0.2, 0.25) is 0 Å². The van der Waals surface area contributed by atoms with Crippen LogP contribution in [0.5, 0.6) is 0 Å². The van der Waals surface area contributed by atoms with Gasteiger partial charge in [0.05, 0.1) is 16.5 Å². The van der Waals surface area contributed by atoms with E-state index in [0.29, 0.717) is 21.9 Å². The molecule has 9 rings (SSSR count). The molecule has 0 amide bonds. The molecular formula is C38H28B2N4O2. The van der Waals surface area contributed by atoms with Crippen molar-refractivity contribution in [1.29, 1.82) is 0 Å². The van der Waals surface area contributed by atoms with E-state index >= 15 is 0 Å². The quantitative estimate of drug-likeness (QED) is 0.297. The van der Waals surface area contributed by atoms with Crippen LogP contribution in [0.1, 0.15) is 5.56 Å². The van der Waals surface area contributed by atoms with Crippen molar-refractivity contribution in [3.8, 4) is 0 Å². The van der Waals surface area contributed by atoms with Gasteiger partial charge in [-0.2, -0.15) is 0 Å². The molecule has 3 aliphatic rings. The Hall–Kier alpha value is -5.75. The summed E-state index contributed by atoms with van der Waals surface area (Å²) in [6.07, 6.45) is 0. The second-order valence-corrected chi connectivity index (χ2v) is 12.2. The third-order valence-corrected chi connectivity index (χ3v) is 9.75. The minimum absolute atomic E-state index is 0.00791. The third-order valence-electron chi connectivity index (χ3n) is 9.75. The Bertz CT molecular complexity index is 2430. The second-order valence-electron chi connectivity index (χ2n) is 12.2. The molecule has 0 saturated heterocycles. The van der Waals surface area contributed by atoms with Crippen LogP contribution in [0, 0.1) is 0 Å². The molecule has 0 radical (unpaired) electrons. The van der Waals surface area contributed by atoms with Crippen LogP contribution in [0.3, 0.4) is 0 Å². The summed E-state index contributed by atoms with van der Waals surface area (Å²) in [4.78, 5) is 23.9. The molecule has 0 unspecified atom stereocenters. The number of hydrogen-bond donors (Lipinski definition) is 2. The number of benzene rings is 6. The van der Waals surface area contributed by atoms with Gasteiger partial charge in [0.15, 0.2) is 0 Å². The van der Waals surface area contributed by atoms with Gasteiger partial charge in [0.25, 0.3) is 0 Å². The summed E-state index contributed by atoms with van der Waals surface area (Å²) in [6.45, 7) is -0.405. The molecule has 1 aliphatic carbocycles. The minimum atomic E-state index is -0.263. The topological polar surface area (TPSA) is 68.2 Å². The van der Waals surface area contributed by atoms with Crippen molar-refractivity contribution in [2.24, 2.45) is 4.90 Å². The number of Topliss-reactive ketones (excluding diaryl/α,β-unsaturated/α-hetero) is 1. The summed E-state index contributed by atoms with van der Waals surface area (Å²) in [5.74, 6) is -0.172. The molecule has 2 N–H and O–H groups in total. The zero-order valence-electron chi connectivity index (χ0n) is 25.4. The van der Waals surface area contributed by atoms with Crippen LogP contribution >= 0.6 is 0 Å². The molecule has 6 aromatic carbocycles. The van der Waals surface area contributed by atoms with Gasteiger partial charge in [-0.05, 0) is 47.9 Å². The number of nitrogens with zero attached hydrogens (tertiary/aromatic N) is 3. The van der Waals surface area contributed by atoms with Gasteiger partial charge in [0, 0.05) is 38.6 Å². The Labute approximate surface area is 266 Å². The summed E-state index contributed by atoms with van der Waals surface area (Å²) in [5, 5.41) is 21.1. The van der Waals surface area contributed by atoms with Gasteiger partial charge in [-0.15, -0.1) is 0 Å². The van der Waals surface area contributed by atoms with Crippen molar-refractivity contribution < 1.29 is 9.90 Å². The molecule has 218 valence electrons. The number of rotatable bonds is 3. The molecule has 0 bridgehead atoms. The predicted molar refractivity (Wildman–Crippen MR) is 191 cm³/mol. The Morgan fingerprint density at radius 2 is 1.28 bits per heavy atom. The number of carbonyl (C=O) groups excluding carboxylic acids is 1. The fourth-order valence-electron chi connectivity index (χ4n) is 7.46. The highest BCUT2D eigenvalue weighted by Crippen LogP contribution is 2.46. The first-order valence-electron chi connectivity index (χ1n) is 15.5. The van der Waals surface area contributed by atoms with Gasteiger partial charge in [-0.1, -0.05) is 109 Å². The highest BCUT2D eigenvalue weighted by molar-refractivity contribution is 6.81. The standard InChI is InChI=1S/C38H28B2N4O2/c1-43-29-17-9-11-23-19-21-27(35(31(23)29)41-39(43)25-13-5-3-6-14-25)33-37(45)34(38(33)46)28-22-20-24-12-10-18-30-32(24)36(28)42-40(44(30)2)26-15-7-4-8-16-26/h3-22,41,45H,1-2H3. The van der Waals surface area contributed by atoms with Gasteiger partial charge in [-0.3, -0.25) is 4.79 Å². The van der Waals surface area contributed by atoms with Crippen molar-refractivity contribution in [2.45, 2.75) is 0 Å². The number of allylic oxidation sites excluding steroid dienone is 2. The lowest BCUT2D eigenvalue weighted by molar-refractivity contribution is -0.109. The molecule has 2 aliphatic heterocycles. The van der Waals surface area contributed by atoms with E-state index in [4.69, 9.17) is 4.90 Å². The Morgan fingerprint density at radius 3 is 1.98 bits per heavy atom. The van der Waals surface area contributed by atoms with Crippen molar-refractivity contribution in [2.75, 3.05) is 28.9 Å². The Morgan fingerprint density at radius 1 is 0.652 bits per heavy atom. The zero-order chi connectivity index (χ0) is 31.1. The maximum absolute atomic E-state index is 14.3. The van der Waals surface area contributed by atoms with Gasteiger partial charge in [-0.25, -0.2) is 0 Å². The summed E-state index contributed by atoms with van der Waals surface area (Å²) in [7, 11) is 4.13. The Balaban J connectivity index is 1.27. The average molecular weight is 594 g/mol. The lowest BCUT2D eigenvalue weighted by atomic mass is 9.63. The lowest BCUT2D eigenvalue weighted by Crippen LogP contribution is -2.54. The molecule has 0 fully saturated rings. The number of carbonyl (C=O) groups is 1. The maximum Gasteiger partial charge on any atom is 0.430 e. The van der Waals surface area contributed by atoms with Gasteiger partial charge < -0.3 is 24.9 Å². The summed E-state index contributed by atoms with van der Waals surface area (Å²) < 4.78 is 0. The fourth-order valence-corrected chi connectivity index (χ4v) is 7.46. The zero-order valence-corrected chi connectivity index (χ0v) is 25.4. The third kappa shape index (κ3) is 3.67. The van der Waals surface area contributed by atoms with Gasteiger partial charge in [0.1, 0.15) is 5.76 Å². The number of anilines is 3. The van der Waals surface area contributed by atoms with E-state index in [9.17, 15) is 9.90 Å². The highest BCUT2D eigenvalue weighted by atomic mass is 16.3. The highest BCUT2D eigenvalue weighted by Gasteiger charge is 2.40. The van der Waals surface area contributed by atoms with Crippen LogP contribution < -0.4 is 36.4 Å². The van der Waals surface area contributed by atoms with Crippen LogP contribution in [-0.2, 0) is 4.79 Å². The molecule has 46 heavy (non-hydrogen) atoms. The average Bonchev–Trinajstić information content (AvgIpc) is 3.10. The minimum Gasteiger partial charge on any atom is -0.506 e. The first kappa shape index (κ1) is 26.6. The van der Waals surface area contributed by atoms with E-state index in [0.717, 1.165) is 54.9 Å². The van der Waals surface area contributed by atoms with E-state index in [1.54, 1.807) is 0 Å². The van der Waals surface area contributed by atoms with Crippen LogP contribution in [0.25, 0.3) is 32.7 Å². The molecule has 0 saturated carbocycles. The predicted octanol–water partition coefficient (Wildman–Crippen LogP) is 4.42. The largest absolute Gasteiger partial charge is 0.506 e. The maximum atomic E-state index is 14.3. The lowest BCUT2D eigenvalue weighted by Gasteiger charge is -2.36. The number of nitrogens with one attached hydrogen (secondary N) is 1. The fraction of sp³-hybridized carbons (Fsp3) is 0.0526. The molecule has 6 aromatic rings. The van der Waals surface area contributed by atoms with Crippen molar-refractivity contribution >= 4 is 80.4 Å². The molecule has 0 atom stereocenters. The van der Waals surface area contributed by atoms with Crippen LogP contribution in [0.15, 0.2) is 132 Å². The van der Waals surface area contributed by atoms with Gasteiger partial charge >= 0.3 is 14.0 Å². The summed E-state index contributed by atoms with van der Waals surface area (Å²) >= 11 is 0. The Kier molecular flexibility index (Phi) is 5.72. The number of ketones is 1. The molecule has 6 nitrogen and oxygen atoms in total. The molecule has 8 heteroatoms. The molecule has 2 heterocycles. The normalized spacial score (nSPS) is 16.5. The van der Waals surface area contributed by atoms with Crippen LogP contribution in [-0.4, -0.2) is 39.0 Å². The smallest absolute Gasteiger partial charge is 0.430 e. The van der Waals surface area contributed by atoms with Crippen molar-refractivity contribution in [3.05, 3.63) is 143 Å². The first-order chi connectivity index (χ1) is 22.5. The monoisotopic (exact) mass is 594 g/mol. The molecule has 0 aromatic heterocycles.